The molecule has 0 saturated carbocycles. The van der Waals surface area contributed by atoms with Crippen molar-refractivity contribution in [2.45, 2.75) is 6.92 Å². The second-order valence-electron chi connectivity index (χ2n) is 3.72. The Labute approximate surface area is 109 Å². The molecule has 0 atom stereocenters. The molecule has 1 nitrogen and oxygen atoms in total. The molecule has 2 rings (SSSR count). The van der Waals surface area contributed by atoms with E-state index in [-0.39, 0.29) is 5.78 Å². The molecule has 0 aliphatic heterocycles. The summed E-state index contributed by atoms with van der Waals surface area (Å²) in [6.45, 7) is 2.03. The van der Waals surface area contributed by atoms with E-state index in [1.165, 1.54) is 16.9 Å². The number of carbonyl (C=O) groups is 1. The highest BCUT2D eigenvalue weighted by molar-refractivity contribution is 7.18. The highest BCUT2D eigenvalue weighted by atomic mass is 35.5. The lowest BCUT2D eigenvalue weighted by Gasteiger charge is -1.94. The molecule has 0 bridgehead atoms. The fourth-order valence-electron chi connectivity index (χ4n) is 1.47. The van der Waals surface area contributed by atoms with Crippen LogP contribution in [0.25, 0.3) is 6.08 Å². The minimum Gasteiger partial charge on any atom is -0.288 e. The van der Waals surface area contributed by atoms with Gasteiger partial charge in [0.15, 0.2) is 5.78 Å². The maximum absolute atomic E-state index is 11.8. The first-order valence-electron chi connectivity index (χ1n) is 5.19. The maximum Gasteiger partial charge on any atom is 0.195 e. The van der Waals surface area contributed by atoms with Crippen LogP contribution in [0.15, 0.2) is 42.5 Å². The van der Waals surface area contributed by atoms with Crippen molar-refractivity contribution in [3.05, 3.63) is 62.8 Å². The third-order valence-corrected chi connectivity index (χ3v) is 3.53. The molecule has 1 aromatic carbocycles. The molecule has 86 valence electrons. The van der Waals surface area contributed by atoms with Crippen molar-refractivity contribution in [2.24, 2.45) is 0 Å². The fourth-order valence-corrected chi connectivity index (χ4v) is 2.44. The Bertz CT molecular complexity index is 569. The van der Waals surface area contributed by atoms with Crippen molar-refractivity contribution < 1.29 is 4.79 Å². The summed E-state index contributed by atoms with van der Waals surface area (Å²) >= 11 is 7.08. The molecule has 0 amide bonds. The van der Waals surface area contributed by atoms with E-state index in [1.54, 1.807) is 18.2 Å². The number of allylic oxidation sites excluding steroid dienone is 1. The van der Waals surface area contributed by atoms with E-state index >= 15 is 0 Å². The van der Waals surface area contributed by atoms with Gasteiger partial charge in [-0.3, -0.25) is 4.79 Å². The molecule has 0 radical (unpaired) electrons. The Balaban J connectivity index is 2.13. The number of thiophene rings is 1. The first-order chi connectivity index (χ1) is 8.15. The summed E-state index contributed by atoms with van der Waals surface area (Å²) in [5.74, 6) is -0.0107. The molecular weight excluding hydrogens is 252 g/mol. The highest BCUT2D eigenvalue weighted by Crippen LogP contribution is 2.22. The van der Waals surface area contributed by atoms with Gasteiger partial charge in [0.05, 0.1) is 9.21 Å². The summed E-state index contributed by atoms with van der Waals surface area (Å²) in [7, 11) is 0. The van der Waals surface area contributed by atoms with E-state index in [1.807, 2.05) is 37.3 Å². The SMILES string of the molecule is Cc1cccc(/C=C/C(=O)c2ccc(Cl)s2)c1. The van der Waals surface area contributed by atoms with Crippen molar-refractivity contribution in [3.8, 4) is 0 Å². The maximum atomic E-state index is 11.8. The number of rotatable bonds is 3. The normalized spacial score (nSPS) is 10.9. The van der Waals surface area contributed by atoms with Crippen LogP contribution in [0.4, 0.5) is 0 Å². The second kappa shape index (κ2) is 5.30. The van der Waals surface area contributed by atoms with Gasteiger partial charge in [-0.15, -0.1) is 11.3 Å². The van der Waals surface area contributed by atoms with Gasteiger partial charge in [-0.1, -0.05) is 47.5 Å². The molecule has 0 unspecified atom stereocenters. The van der Waals surface area contributed by atoms with Gasteiger partial charge in [0.2, 0.25) is 0 Å². The summed E-state index contributed by atoms with van der Waals surface area (Å²) in [5.41, 5.74) is 2.21. The van der Waals surface area contributed by atoms with Gasteiger partial charge in [0.25, 0.3) is 0 Å². The van der Waals surface area contributed by atoms with E-state index in [0.29, 0.717) is 9.21 Å². The third-order valence-electron chi connectivity index (χ3n) is 2.29. The lowest BCUT2D eigenvalue weighted by atomic mass is 10.1. The molecule has 0 aliphatic carbocycles. The number of benzene rings is 1. The molecule has 17 heavy (non-hydrogen) atoms. The standard InChI is InChI=1S/C14H11ClOS/c1-10-3-2-4-11(9-10)5-6-12(16)13-7-8-14(15)17-13/h2-9H,1H3/b6-5+. The molecule has 0 saturated heterocycles. The van der Waals surface area contributed by atoms with Crippen LogP contribution in [-0.4, -0.2) is 5.78 Å². The first kappa shape index (κ1) is 12.1. The highest BCUT2D eigenvalue weighted by Gasteiger charge is 2.04. The Morgan fingerprint density at radius 2 is 2.12 bits per heavy atom. The first-order valence-corrected chi connectivity index (χ1v) is 6.39. The van der Waals surface area contributed by atoms with Gasteiger partial charge in [-0.2, -0.15) is 0 Å². The van der Waals surface area contributed by atoms with Crippen LogP contribution in [0, 0.1) is 6.92 Å². The zero-order valence-corrected chi connectivity index (χ0v) is 10.9. The third kappa shape index (κ3) is 3.29. The van der Waals surface area contributed by atoms with Gasteiger partial charge < -0.3 is 0 Å². The van der Waals surface area contributed by atoms with Crippen LogP contribution in [0.5, 0.6) is 0 Å². The molecule has 0 fully saturated rings. The Kier molecular flexibility index (Phi) is 3.77. The smallest absolute Gasteiger partial charge is 0.195 e. The monoisotopic (exact) mass is 262 g/mol. The zero-order chi connectivity index (χ0) is 12.3. The van der Waals surface area contributed by atoms with Crippen LogP contribution in [0.2, 0.25) is 4.34 Å². The molecule has 3 heteroatoms. The topological polar surface area (TPSA) is 17.1 Å². The predicted octanol–water partition coefficient (Wildman–Crippen LogP) is 4.61. The van der Waals surface area contributed by atoms with Crippen LogP contribution in [-0.2, 0) is 0 Å². The minimum atomic E-state index is -0.0107. The van der Waals surface area contributed by atoms with Crippen molar-refractivity contribution in [1.29, 1.82) is 0 Å². The van der Waals surface area contributed by atoms with E-state index in [0.717, 1.165) is 5.56 Å². The summed E-state index contributed by atoms with van der Waals surface area (Å²) in [6.07, 6.45) is 3.40. The average Bonchev–Trinajstić information content (AvgIpc) is 2.73. The second-order valence-corrected chi connectivity index (χ2v) is 5.43. The number of aryl methyl sites for hydroxylation is 1. The van der Waals surface area contributed by atoms with Crippen LogP contribution >= 0.6 is 22.9 Å². The molecule has 0 aliphatic rings. The van der Waals surface area contributed by atoms with Gasteiger partial charge >= 0.3 is 0 Å². The Hall–Kier alpha value is -1.38. The number of carbonyl (C=O) groups excluding carboxylic acids is 1. The van der Waals surface area contributed by atoms with Gasteiger partial charge in [0.1, 0.15) is 0 Å². The van der Waals surface area contributed by atoms with Crippen molar-refractivity contribution in [2.75, 3.05) is 0 Å². The number of halogens is 1. The molecule has 0 N–H and O–H groups in total. The molecule has 1 aromatic heterocycles. The van der Waals surface area contributed by atoms with E-state index < -0.39 is 0 Å². The number of ketones is 1. The molecular formula is C14H11ClOS. The van der Waals surface area contributed by atoms with Gasteiger partial charge in [0, 0.05) is 0 Å². The number of hydrogen-bond acceptors (Lipinski definition) is 2. The van der Waals surface area contributed by atoms with E-state index in [9.17, 15) is 4.79 Å². The average molecular weight is 263 g/mol. The van der Waals surface area contributed by atoms with Gasteiger partial charge in [-0.25, -0.2) is 0 Å². The van der Waals surface area contributed by atoms with Crippen LogP contribution in [0.3, 0.4) is 0 Å². The summed E-state index contributed by atoms with van der Waals surface area (Å²) in [6, 6.07) is 11.5. The zero-order valence-electron chi connectivity index (χ0n) is 9.31. The Morgan fingerprint density at radius 1 is 1.29 bits per heavy atom. The summed E-state index contributed by atoms with van der Waals surface area (Å²) < 4.78 is 0.636. The molecule has 0 spiro atoms. The van der Waals surface area contributed by atoms with E-state index in [4.69, 9.17) is 11.6 Å². The Morgan fingerprint density at radius 3 is 2.76 bits per heavy atom. The predicted molar refractivity (Wildman–Crippen MR) is 73.9 cm³/mol. The lowest BCUT2D eigenvalue weighted by molar-refractivity contribution is 0.105. The minimum absolute atomic E-state index is 0.0107. The fraction of sp³-hybridized carbons (Fsp3) is 0.0714. The lowest BCUT2D eigenvalue weighted by Crippen LogP contribution is -1.88. The largest absolute Gasteiger partial charge is 0.288 e. The van der Waals surface area contributed by atoms with E-state index in [2.05, 4.69) is 0 Å². The van der Waals surface area contributed by atoms with Crippen molar-refractivity contribution in [3.63, 3.8) is 0 Å². The molecule has 1 heterocycles. The quantitative estimate of drug-likeness (QED) is 0.583. The number of hydrogen-bond donors (Lipinski definition) is 0. The van der Waals surface area contributed by atoms with Crippen LogP contribution in [0.1, 0.15) is 20.8 Å². The summed E-state index contributed by atoms with van der Waals surface area (Å²) in [4.78, 5) is 12.4. The summed E-state index contributed by atoms with van der Waals surface area (Å²) in [5, 5.41) is 0. The van der Waals surface area contributed by atoms with Gasteiger partial charge in [-0.05, 0) is 30.7 Å². The van der Waals surface area contributed by atoms with Crippen molar-refractivity contribution >= 4 is 34.8 Å². The van der Waals surface area contributed by atoms with Crippen LogP contribution < -0.4 is 0 Å². The molecule has 2 aromatic rings. The van der Waals surface area contributed by atoms with Crippen molar-refractivity contribution in [1.82, 2.24) is 0 Å².